The molecule has 3 nitrogen and oxygen atoms in total. The molecule has 1 aliphatic rings. The Morgan fingerprint density at radius 1 is 1.39 bits per heavy atom. The van der Waals surface area contributed by atoms with Gasteiger partial charge in [0.2, 0.25) is 0 Å². The SMILES string of the molecule is CC(OCCNCC1CCCO1)c1ccccc1. The molecule has 0 radical (unpaired) electrons. The Morgan fingerprint density at radius 3 is 2.94 bits per heavy atom. The third kappa shape index (κ3) is 4.41. The summed E-state index contributed by atoms with van der Waals surface area (Å²) in [5, 5.41) is 3.38. The first-order valence-corrected chi connectivity index (χ1v) is 6.85. The first-order valence-electron chi connectivity index (χ1n) is 6.85. The summed E-state index contributed by atoms with van der Waals surface area (Å²) in [4.78, 5) is 0. The van der Waals surface area contributed by atoms with Crippen molar-refractivity contribution < 1.29 is 9.47 Å². The predicted octanol–water partition coefficient (Wildman–Crippen LogP) is 2.53. The molecule has 1 saturated heterocycles. The molecule has 1 fully saturated rings. The molecule has 0 bridgehead atoms. The summed E-state index contributed by atoms with van der Waals surface area (Å²) in [6.07, 6.45) is 2.97. The third-order valence-electron chi connectivity index (χ3n) is 3.31. The van der Waals surface area contributed by atoms with Gasteiger partial charge in [0.05, 0.1) is 18.8 Å². The van der Waals surface area contributed by atoms with Gasteiger partial charge in [0, 0.05) is 19.7 Å². The first-order chi connectivity index (χ1) is 8.86. The molecule has 1 heterocycles. The Kier molecular flexibility index (Phi) is 5.65. The van der Waals surface area contributed by atoms with Crippen LogP contribution >= 0.6 is 0 Å². The Bertz CT molecular complexity index is 323. The molecule has 0 saturated carbocycles. The molecule has 100 valence electrons. The van der Waals surface area contributed by atoms with Crippen LogP contribution in [0.4, 0.5) is 0 Å². The topological polar surface area (TPSA) is 30.5 Å². The van der Waals surface area contributed by atoms with E-state index in [4.69, 9.17) is 9.47 Å². The number of ether oxygens (including phenoxy) is 2. The van der Waals surface area contributed by atoms with Gasteiger partial charge in [-0.15, -0.1) is 0 Å². The highest BCUT2D eigenvalue weighted by Gasteiger charge is 2.14. The molecule has 1 aromatic carbocycles. The molecule has 2 atom stereocenters. The fraction of sp³-hybridized carbons (Fsp3) is 0.600. The van der Waals surface area contributed by atoms with Crippen LogP contribution in [0.5, 0.6) is 0 Å². The zero-order valence-corrected chi connectivity index (χ0v) is 11.1. The summed E-state index contributed by atoms with van der Waals surface area (Å²) >= 11 is 0. The van der Waals surface area contributed by atoms with Gasteiger partial charge in [-0.25, -0.2) is 0 Å². The lowest BCUT2D eigenvalue weighted by Gasteiger charge is -2.15. The molecule has 1 aliphatic heterocycles. The average Bonchev–Trinajstić information content (AvgIpc) is 2.92. The smallest absolute Gasteiger partial charge is 0.0797 e. The molecule has 18 heavy (non-hydrogen) atoms. The number of nitrogens with one attached hydrogen (secondary N) is 1. The summed E-state index contributed by atoms with van der Waals surface area (Å²) in [6.45, 7) is 5.59. The lowest BCUT2D eigenvalue weighted by Crippen LogP contribution is -2.29. The van der Waals surface area contributed by atoms with Crippen molar-refractivity contribution in [1.29, 1.82) is 0 Å². The monoisotopic (exact) mass is 249 g/mol. The second kappa shape index (κ2) is 7.52. The number of rotatable bonds is 7. The maximum Gasteiger partial charge on any atom is 0.0797 e. The molecule has 1 aromatic rings. The minimum absolute atomic E-state index is 0.163. The van der Waals surface area contributed by atoms with Gasteiger partial charge in [-0.2, -0.15) is 0 Å². The van der Waals surface area contributed by atoms with Gasteiger partial charge in [0.15, 0.2) is 0 Å². The van der Waals surface area contributed by atoms with Crippen molar-refractivity contribution in [2.24, 2.45) is 0 Å². The van der Waals surface area contributed by atoms with E-state index in [9.17, 15) is 0 Å². The Balaban J connectivity index is 1.55. The van der Waals surface area contributed by atoms with Crippen LogP contribution in [0.2, 0.25) is 0 Å². The average molecular weight is 249 g/mol. The molecular formula is C15H23NO2. The summed E-state index contributed by atoms with van der Waals surface area (Å²) in [6, 6.07) is 10.3. The van der Waals surface area contributed by atoms with Crippen LogP contribution in [0.25, 0.3) is 0 Å². The van der Waals surface area contributed by atoms with Gasteiger partial charge in [0.1, 0.15) is 0 Å². The van der Waals surface area contributed by atoms with E-state index in [0.717, 1.165) is 26.3 Å². The normalized spacial score (nSPS) is 21.1. The van der Waals surface area contributed by atoms with E-state index in [1.807, 2.05) is 18.2 Å². The van der Waals surface area contributed by atoms with Crippen LogP contribution in [0, 0.1) is 0 Å². The van der Waals surface area contributed by atoms with Crippen LogP contribution < -0.4 is 5.32 Å². The summed E-state index contributed by atoms with van der Waals surface area (Å²) in [7, 11) is 0. The van der Waals surface area contributed by atoms with Gasteiger partial charge in [-0.3, -0.25) is 0 Å². The van der Waals surface area contributed by atoms with Crippen LogP contribution in [0.15, 0.2) is 30.3 Å². The highest BCUT2D eigenvalue weighted by molar-refractivity contribution is 5.16. The molecule has 0 aromatic heterocycles. The quantitative estimate of drug-likeness (QED) is 0.753. The first kappa shape index (κ1) is 13.5. The van der Waals surface area contributed by atoms with Crippen LogP contribution in [-0.2, 0) is 9.47 Å². The predicted molar refractivity (Wildman–Crippen MR) is 72.7 cm³/mol. The second-order valence-corrected chi connectivity index (χ2v) is 4.76. The Morgan fingerprint density at radius 2 is 2.22 bits per heavy atom. The van der Waals surface area contributed by atoms with E-state index in [1.54, 1.807) is 0 Å². The standard InChI is InChI=1S/C15H23NO2/c1-13(14-6-3-2-4-7-14)17-11-9-16-12-15-8-5-10-18-15/h2-4,6-7,13,15-16H,5,8-12H2,1H3. The Hall–Kier alpha value is -0.900. The van der Waals surface area contributed by atoms with Crippen molar-refractivity contribution in [1.82, 2.24) is 5.32 Å². The van der Waals surface area contributed by atoms with Gasteiger partial charge in [0.25, 0.3) is 0 Å². The van der Waals surface area contributed by atoms with Crippen LogP contribution in [-0.4, -0.2) is 32.4 Å². The molecule has 3 heteroatoms. The molecule has 2 unspecified atom stereocenters. The van der Waals surface area contributed by atoms with Crippen molar-refractivity contribution in [3.63, 3.8) is 0 Å². The van der Waals surface area contributed by atoms with Gasteiger partial charge in [-0.1, -0.05) is 30.3 Å². The lowest BCUT2D eigenvalue weighted by atomic mass is 10.1. The maximum atomic E-state index is 5.79. The van der Waals surface area contributed by atoms with E-state index < -0.39 is 0 Å². The van der Waals surface area contributed by atoms with Gasteiger partial charge in [-0.05, 0) is 25.3 Å². The second-order valence-electron chi connectivity index (χ2n) is 4.76. The van der Waals surface area contributed by atoms with Crippen molar-refractivity contribution in [2.45, 2.75) is 32.0 Å². The minimum atomic E-state index is 0.163. The summed E-state index contributed by atoms with van der Waals surface area (Å²) < 4.78 is 11.3. The van der Waals surface area contributed by atoms with E-state index in [2.05, 4.69) is 24.4 Å². The molecule has 0 aliphatic carbocycles. The highest BCUT2D eigenvalue weighted by atomic mass is 16.5. The zero-order chi connectivity index (χ0) is 12.6. The minimum Gasteiger partial charge on any atom is -0.377 e. The van der Waals surface area contributed by atoms with E-state index in [-0.39, 0.29) is 6.10 Å². The summed E-state index contributed by atoms with van der Waals surface area (Å²) in [5.41, 5.74) is 1.23. The van der Waals surface area contributed by atoms with Crippen molar-refractivity contribution in [2.75, 3.05) is 26.3 Å². The highest BCUT2D eigenvalue weighted by Crippen LogP contribution is 2.15. The third-order valence-corrected chi connectivity index (χ3v) is 3.31. The summed E-state index contributed by atoms with van der Waals surface area (Å²) in [5.74, 6) is 0. The number of hydrogen-bond acceptors (Lipinski definition) is 3. The van der Waals surface area contributed by atoms with E-state index in [0.29, 0.717) is 6.10 Å². The van der Waals surface area contributed by atoms with Crippen molar-refractivity contribution >= 4 is 0 Å². The maximum absolute atomic E-state index is 5.79. The van der Waals surface area contributed by atoms with Crippen LogP contribution in [0.1, 0.15) is 31.4 Å². The Labute approximate surface area is 109 Å². The molecule has 0 spiro atoms. The number of benzene rings is 1. The molecular weight excluding hydrogens is 226 g/mol. The van der Waals surface area contributed by atoms with Crippen LogP contribution in [0.3, 0.4) is 0 Å². The fourth-order valence-corrected chi connectivity index (χ4v) is 2.20. The zero-order valence-electron chi connectivity index (χ0n) is 11.1. The molecule has 2 rings (SSSR count). The van der Waals surface area contributed by atoms with Gasteiger partial charge < -0.3 is 14.8 Å². The lowest BCUT2D eigenvalue weighted by molar-refractivity contribution is 0.0633. The largest absolute Gasteiger partial charge is 0.377 e. The van der Waals surface area contributed by atoms with E-state index in [1.165, 1.54) is 18.4 Å². The molecule has 1 N–H and O–H groups in total. The van der Waals surface area contributed by atoms with E-state index >= 15 is 0 Å². The number of hydrogen-bond donors (Lipinski definition) is 1. The van der Waals surface area contributed by atoms with Crippen molar-refractivity contribution in [3.05, 3.63) is 35.9 Å². The fourth-order valence-electron chi connectivity index (χ4n) is 2.20. The van der Waals surface area contributed by atoms with Gasteiger partial charge >= 0.3 is 0 Å². The molecule has 0 amide bonds. The van der Waals surface area contributed by atoms with Crippen molar-refractivity contribution in [3.8, 4) is 0 Å².